The van der Waals surface area contributed by atoms with Crippen LogP contribution < -0.4 is 10.1 Å². The number of methoxy groups -OCH3 is 1. The lowest BCUT2D eigenvalue weighted by Crippen LogP contribution is -2.49. The minimum absolute atomic E-state index is 0.161. The van der Waals surface area contributed by atoms with Gasteiger partial charge in [-0.2, -0.15) is 4.31 Å². The number of hydrogen-bond acceptors (Lipinski definition) is 8. The predicted molar refractivity (Wildman–Crippen MR) is 153 cm³/mol. The van der Waals surface area contributed by atoms with Gasteiger partial charge < -0.3 is 19.5 Å². The minimum atomic E-state index is -3.66. The summed E-state index contributed by atoms with van der Waals surface area (Å²) in [5.41, 5.74) is 2.52. The molecule has 1 saturated heterocycles. The van der Waals surface area contributed by atoms with Gasteiger partial charge in [0.05, 0.1) is 31.2 Å². The highest BCUT2D eigenvalue weighted by molar-refractivity contribution is 7.89. The number of esters is 1. The van der Waals surface area contributed by atoms with Crippen molar-refractivity contribution in [3.8, 4) is 5.75 Å². The Morgan fingerprint density at radius 2 is 1.59 bits per heavy atom. The van der Waals surface area contributed by atoms with Gasteiger partial charge in [0.2, 0.25) is 10.0 Å². The lowest BCUT2D eigenvalue weighted by Gasteiger charge is -2.33. The lowest BCUT2D eigenvalue weighted by molar-refractivity contribution is -0.144. The number of alkyl carbamates (subject to hydrolysis) is 1. The van der Waals surface area contributed by atoms with Gasteiger partial charge >= 0.3 is 12.1 Å². The molecular formula is C30H35N3O7S. The Morgan fingerprint density at radius 3 is 2.24 bits per heavy atom. The molecule has 1 amide bonds. The number of nitrogens with zero attached hydrogens (tertiary/aromatic N) is 2. The fraction of sp³-hybridized carbons (Fsp3) is 0.333. The Morgan fingerprint density at radius 1 is 0.902 bits per heavy atom. The van der Waals surface area contributed by atoms with E-state index in [1.807, 2.05) is 59.5 Å². The van der Waals surface area contributed by atoms with E-state index in [0.717, 1.165) is 16.7 Å². The van der Waals surface area contributed by atoms with Gasteiger partial charge in [-0.05, 0) is 47.9 Å². The number of hydrogen-bond donors (Lipinski definition) is 1. The molecule has 1 aliphatic rings. The molecule has 1 fully saturated rings. The van der Waals surface area contributed by atoms with Gasteiger partial charge in [-0.3, -0.25) is 9.69 Å². The van der Waals surface area contributed by atoms with Crippen molar-refractivity contribution in [2.75, 3.05) is 46.4 Å². The molecule has 4 rings (SSSR count). The standard InChI is InChI=1S/C30H35N3O7S/c1-3-39-28(34)21-32-16-18-33(19-17-32)41(36,37)27-14-12-23(13-15-27)22-40-26-11-7-10-25(20-26)29(31-30(35)38-2)24-8-5-4-6-9-24/h4-15,20,29H,3,16-19,21-22H2,1-2H3,(H,31,35). The number of ether oxygens (including phenoxy) is 3. The Balaban J connectivity index is 1.37. The molecule has 0 spiro atoms. The van der Waals surface area contributed by atoms with E-state index in [2.05, 4.69) is 5.32 Å². The number of sulfonamides is 1. The van der Waals surface area contributed by atoms with Gasteiger partial charge in [-0.25, -0.2) is 13.2 Å². The Labute approximate surface area is 240 Å². The summed E-state index contributed by atoms with van der Waals surface area (Å²) in [6, 6.07) is 23.2. The van der Waals surface area contributed by atoms with E-state index in [9.17, 15) is 18.0 Å². The maximum absolute atomic E-state index is 13.2. The van der Waals surface area contributed by atoms with Crippen LogP contribution in [0.1, 0.15) is 29.7 Å². The van der Waals surface area contributed by atoms with Crippen molar-refractivity contribution in [1.82, 2.24) is 14.5 Å². The fourth-order valence-electron chi connectivity index (χ4n) is 4.56. The molecule has 1 atom stereocenters. The number of rotatable bonds is 11. The molecule has 1 unspecified atom stereocenters. The molecule has 0 aliphatic carbocycles. The van der Waals surface area contributed by atoms with E-state index < -0.39 is 22.2 Å². The Hall–Kier alpha value is -3.93. The van der Waals surface area contributed by atoms with Crippen molar-refractivity contribution in [3.63, 3.8) is 0 Å². The van der Waals surface area contributed by atoms with E-state index in [-0.39, 0.29) is 24.0 Å². The van der Waals surface area contributed by atoms with Crippen molar-refractivity contribution in [3.05, 3.63) is 95.6 Å². The average Bonchev–Trinajstić information content (AvgIpc) is 3.00. The van der Waals surface area contributed by atoms with E-state index in [4.69, 9.17) is 14.2 Å². The zero-order chi connectivity index (χ0) is 29.2. The molecular weight excluding hydrogens is 546 g/mol. The first kappa shape index (κ1) is 30.0. The van der Waals surface area contributed by atoms with Crippen LogP contribution in [-0.2, 0) is 30.9 Å². The zero-order valence-electron chi connectivity index (χ0n) is 23.2. The second-order valence-corrected chi connectivity index (χ2v) is 11.4. The van der Waals surface area contributed by atoms with Crippen molar-refractivity contribution in [2.45, 2.75) is 24.5 Å². The second kappa shape index (κ2) is 14.1. The minimum Gasteiger partial charge on any atom is -0.489 e. The normalized spacial score (nSPS) is 15.1. The molecule has 0 aromatic heterocycles. The number of carbonyl (C=O) groups is 2. The van der Waals surface area contributed by atoms with E-state index >= 15 is 0 Å². The van der Waals surface area contributed by atoms with Gasteiger partial charge in [0, 0.05) is 26.2 Å². The van der Waals surface area contributed by atoms with Crippen molar-refractivity contribution in [1.29, 1.82) is 0 Å². The Bertz CT molecular complexity index is 1410. The highest BCUT2D eigenvalue weighted by Crippen LogP contribution is 2.26. The van der Waals surface area contributed by atoms with Crippen LogP contribution in [0.15, 0.2) is 83.8 Å². The highest BCUT2D eigenvalue weighted by Gasteiger charge is 2.29. The largest absolute Gasteiger partial charge is 0.489 e. The van der Waals surface area contributed by atoms with Gasteiger partial charge in [0.1, 0.15) is 12.4 Å². The summed E-state index contributed by atoms with van der Waals surface area (Å²) in [5.74, 6) is 0.301. The van der Waals surface area contributed by atoms with Crippen molar-refractivity contribution < 1.29 is 32.2 Å². The summed E-state index contributed by atoms with van der Waals surface area (Å²) in [7, 11) is -2.34. The molecule has 0 bridgehead atoms. The van der Waals surface area contributed by atoms with Crippen molar-refractivity contribution in [2.24, 2.45) is 0 Å². The number of benzene rings is 3. The number of nitrogens with one attached hydrogen (secondary N) is 1. The van der Waals surface area contributed by atoms with E-state index in [1.165, 1.54) is 11.4 Å². The first-order valence-electron chi connectivity index (χ1n) is 13.4. The summed E-state index contributed by atoms with van der Waals surface area (Å²) in [5, 5.41) is 2.86. The SMILES string of the molecule is CCOC(=O)CN1CCN(S(=O)(=O)c2ccc(COc3cccc(C(NC(=O)OC)c4ccccc4)c3)cc2)CC1. The third kappa shape index (κ3) is 8.06. The van der Waals surface area contributed by atoms with Crippen molar-refractivity contribution >= 4 is 22.1 Å². The van der Waals surface area contributed by atoms with Gasteiger partial charge in [0.25, 0.3) is 0 Å². The molecule has 218 valence electrons. The number of piperazine rings is 1. The van der Waals surface area contributed by atoms with Crippen LogP contribution in [0.4, 0.5) is 4.79 Å². The fourth-order valence-corrected chi connectivity index (χ4v) is 5.98. The smallest absolute Gasteiger partial charge is 0.407 e. The summed E-state index contributed by atoms with van der Waals surface area (Å²) in [6.45, 7) is 4.00. The molecule has 1 heterocycles. The van der Waals surface area contributed by atoms with Gasteiger partial charge in [0.15, 0.2) is 0 Å². The third-order valence-electron chi connectivity index (χ3n) is 6.73. The van der Waals surface area contributed by atoms with E-state index in [0.29, 0.717) is 38.5 Å². The van der Waals surface area contributed by atoms with Crippen LogP contribution in [0.25, 0.3) is 0 Å². The quantitative estimate of drug-likeness (QED) is 0.342. The molecule has 41 heavy (non-hydrogen) atoms. The van der Waals surface area contributed by atoms with Crippen LogP contribution in [0, 0.1) is 0 Å². The summed E-state index contributed by atoms with van der Waals surface area (Å²) in [4.78, 5) is 25.8. The highest BCUT2D eigenvalue weighted by atomic mass is 32.2. The second-order valence-electron chi connectivity index (χ2n) is 9.47. The molecule has 11 heteroatoms. The van der Waals surface area contributed by atoms with E-state index in [1.54, 1.807) is 31.2 Å². The molecule has 3 aromatic rings. The third-order valence-corrected chi connectivity index (χ3v) is 8.64. The van der Waals surface area contributed by atoms with Crippen LogP contribution in [0.2, 0.25) is 0 Å². The maximum Gasteiger partial charge on any atom is 0.407 e. The summed E-state index contributed by atoms with van der Waals surface area (Å²) < 4.78 is 43.6. The zero-order valence-corrected chi connectivity index (χ0v) is 24.0. The molecule has 1 aliphatic heterocycles. The summed E-state index contributed by atoms with van der Waals surface area (Å²) >= 11 is 0. The van der Waals surface area contributed by atoms with Crippen LogP contribution in [0.5, 0.6) is 5.75 Å². The molecule has 10 nitrogen and oxygen atoms in total. The topological polar surface area (TPSA) is 114 Å². The first-order chi connectivity index (χ1) is 19.8. The van der Waals surface area contributed by atoms with Gasteiger partial charge in [-0.15, -0.1) is 0 Å². The number of amides is 1. The molecule has 0 saturated carbocycles. The number of carbonyl (C=O) groups excluding carboxylic acids is 2. The van der Waals surface area contributed by atoms with Gasteiger partial charge in [-0.1, -0.05) is 54.6 Å². The monoisotopic (exact) mass is 581 g/mol. The first-order valence-corrected chi connectivity index (χ1v) is 14.8. The van der Waals surface area contributed by atoms with Crippen LogP contribution in [0.3, 0.4) is 0 Å². The predicted octanol–water partition coefficient (Wildman–Crippen LogP) is 3.58. The maximum atomic E-state index is 13.2. The molecule has 1 N–H and O–H groups in total. The molecule has 0 radical (unpaired) electrons. The molecule has 3 aromatic carbocycles. The van der Waals surface area contributed by atoms with Crippen LogP contribution in [-0.4, -0.2) is 76.1 Å². The van der Waals surface area contributed by atoms with Crippen LogP contribution >= 0.6 is 0 Å². The summed E-state index contributed by atoms with van der Waals surface area (Å²) in [6.07, 6.45) is -0.543. The average molecular weight is 582 g/mol. The Kier molecular flexibility index (Phi) is 10.3. The lowest BCUT2D eigenvalue weighted by atomic mass is 9.98.